The number of hydrogen-bond donors (Lipinski definition) is 1. The van der Waals surface area contributed by atoms with Crippen LogP contribution in [0.1, 0.15) is 39.5 Å². The van der Waals surface area contributed by atoms with Gasteiger partial charge < -0.3 is 0 Å². The predicted octanol–water partition coefficient (Wildman–Crippen LogP) is 1.40. The van der Waals surface area contributed by atoms with Crippen molar-refractivity contribution in [2.24, 2.45) is 5.92 Å². The molecule has 86 valence electrons. The van der Waals surface area contributed by atoms with E-state index in [1.807, 2.05) is 0 Å². The van der Waals surface area contributed by atoms with Gasteiger partial charge in [-0.05, 0) is 25.7 Å². The summed E-state index contributed by atoms with van der Waals surface area (Å²) in [5.41, 5.74) is 0. The Morgan fingerprint density at radius 2 is 2.00 bits per heavy atom. The summed E-state index contributed by atoms with van der Waals surface area (Å²) in [6.45, 7) is 3.47. The van der Waals surface area contributed by atoms with Crippen LogP contribution in [0.25, 0.3) is 0 Å². The Kier molecular flexibility index (Phi) is 4.12. The Hall–Kier alpha value is -0.600. The van der Waals surface area contributed by atoms with Gasteiger partial charge in [-0.3, -0.25) is 0 Å². The second kappa shape index (κ2) is 4.95. The van der Waals surface area contributed by atoms with Crippen molar-refractivity contribution in [2.45, 2.75) is 50.8 Å². The van der Waals surface area contributed by atoms with E-state index in [2.05, 4.69) is 11.6 Å². The normalized spacial score (nSPS) is 29.4. The topological polar surface area (TPSA) is 70.0 Å². The third-order valence-electron chi connectivity index (χ3n) is 3.07. The number of nitrogens with one attached hydrogen (secondary N) is 1. The van der Waals surface area contributed by atoms with Gasteiger partial charge in [0.25, 0.3) is 0 Å². The maximum Gasteiger partial charge on any atom is 0.227 e. The van der Waals surface area contributed by atoms with Crippen molar-refractivity contribution >= 4 is 10.0 Å². The highest BCUT2D eigenvalue weighted by Crippen LogP contribution is 2.24. The first-order valence-corrected chi connectivity index (χ1v) is 6.92. The average Bonchev–Trinajstić information content (AvgIpc) is 2.20. The fourth-order valence-electron chi connectivity index (χ4n) is 1.87. The first-order valence-electron chi connectivity index (χ1n) is 5.38. The molecule has 1 aliphatic rings. The number of sulfonamides is 1. The zero-order chi connectivity index (χ0) is 11.5. The summed E-state index contributed by atoms with van der Waals surface area (Å²) in [6.07, 6.45) is 4.19. The van der Waals surface area contributed by atoms with E-state index in [4.69, 9.17) is 5.26 Å². The van der Waals surface area contributed by atoms with Gasteiger partial charge in [0, 0.05) is 6.04 Å². The molecule has 0 aromatic rings. The number of rotatable bonds is 3. The largest absolute Gasteiger partial charge is 0.227 e. The van der Waals surface area contributed by atoms with Gasteiger partial charge in [0.15, 0.2) is 5.25 Å². The zero-order valence-corrected chi connectivity index (χ0v) is 10.0. The summed E-state index contributed by atoms with van der Waals surface area (Å²) in [5.74, 6) is 0.374. The van der Waals surface area contributed by atoms with Crippen LogP contribution in [0.15, 0.2) is 0 Å². The summed E-state index contributed by atoms with van der Waals surface area (Å²) in [5, 5.41) is 7.63. The van der Waals surface area contributed by atoms with Crippen LogP contribution in [0, 0.1) is 17.2 Å². The summed E-state index contributed by atoms with van der Waals surface area (Å²) in [4.78, 5) is 0. The van der Waals surface area contributed by atoms with E-state index in [0.29, 0.717) is 5.92 Å². The smallest absolute Gasteiger partial charge is 0.211 e. The highest BCUT2D eigenvalue weighted by Gasteiger charge is 2.28. The van der Waals surface area contributed by atoms with Crippen LogP contribution in [-0.4, -0.2) is 19.7 Å². The van der Waals surface area contributed by atoms with Crippen molar-refractivity contribution in [3.63, 3.8) is 0 Å². The molecule has 15 heavy (non-hydrogen) atoms. The monoisotopic (exact) mass is 230 g/mol. The lowest BCUT2D eigenvalue weighted by Gasteiger charge is -2.29. The molecule has 0 aromatic carbocycles. The highest BCUT2D eigenvalue weighted by atomic mass is 32.2. The van der Waals surface area contributed by atoms with Crippen LogP contribution >= 0.6 is 0 Å². The maximum atomic E-state index is 11.6. The lowest BCUT2D eigenvalue weighted by molar-refractivity contribution is 0.310. The molecule has 0 amide bonds. The fraction of sp³-hybridized carbons (Fsp3) is 0.900. The van der Waals surface area contributed by atoms with Crippen LogP contribution < -0.4 is 4.72 Å². The van der Waals surface area contributed by atoms with Crippen LogP contribution in [-0.2, 0) is 10.0 Å². The molecule has 0 aliphatic heterocycles. The van der Waals surface area contributed by atoms with E-state index in [1.54, 1.807) is 6.07 Å². The lowest BCUT2D eigenvalue weighted by atomic mass is 9.87. The molecule has 0 heterocycles. The van der Waals surface area contributed by atoms with Gasteiger partial charge in [-0.2, -0.15) is 5.26 Å². The van der Waals surface area contributed by atoms with E-state index < -0.39 is 15.3 Å². The molecule has 5 heteroatoms. The van der Waals surface area contributed by atoms with Crippen molar-refractivity contribution in [1.82, 2.24) is 4.72 Å². The molecule has 0 radical (unpaired) electrons. The molecule has 1 aliphatic carbocycles. The van der Waals surface area contributed by atoms with Crippen molar-refractivity contribution in [1.29, 1.82) is 5.26 Å². The van der Waals surface area contributed by atoms with Crippen LogP contribution in [0.2, 0.25) is 0 Å². The van der Waals surface area contributed by atoms with E-state index in [1.165, 1.54) is 13.3 Å². The summed E-state index contributed by atoms with van der Waals surface area (Å²) >= 11 is 0. The molecule has 1 saturated carbocycles. The first kappa shape index (κ1) is 12.5. The third-order valence-corrected chi connectivity index (χ3v) is 4.74. The quantitative estimate of drug-likeness (QED) is 0.796. The lowest BCUT2D eigenvalue weighted by Crippen LogP contribution is -2.44. The van der Waals surface area contributed by atoms with Crippen molar-refractivity contribution in [3.8, 4) is 6.07 Å². The molecule has 1 N–H and O–H groups in total. The average molecular weight is 230 g/mol. The number of nitrogens with zero attached hydrogens (tertiary/aromatic N) is 1. The van der Waals surface area contributed by atoms with E-state index >= 15 is 0 Å². The van der Waals surface area contributed by atoms with Gasteiger partial charge in [0.1, 0.15) is 0 Å². The standard InChI is InChI=1S/C10H18N2O2S/c1-8-5-3-4-6-10(8)12-15(13,14)9(2)7-11/h8-10,12H,3-6H2,1-2H3. The second-order valence-corrected chi connectivity index (χ2v) is 6.34. The van der Waals surface area contributed by atoms with E-state index in [-0.39, 0.29) is 6.04 Å². The minimum atomic E-state index is -3.45. The molecule has 1 rings (SSSR count). The molecular weight excluding hydrogens is 212 g/mol. The van der Waals surface area contributed by atoms with E-state index in [0.717, 1.165) is 19.3 Å². The Labute approximate surface area is 91.7 Å². The van der Waals surface area contributed by atoms with Crippen LogP contribution in [0.3, 0.4) is 0 Å². The minimum Gasteiger partial charge on any atom is -0.211 e. The summed E-state index contributed by atoms with van der Waals surface area (Å²) in [6, 6.07) is 1.77. The van der Waals surface area contributed by atoms with Gasteiger partial charge in [0.2, 0.25) is 10.0 Å². The fourth-order valence-corrected chi connectivity index (χ4v) is 2.99. The van der Waals surface area contributed by atoms with Crippen molar-refractivity contribution < 1.29 is 8.42 Å². The summed E-state index contributed by atoms with van der Waals surface area (Å²) < 4.78 is 25.9. The minimum absolute atomic E-state index is 0.0135. The molecule has 0 spiro atoms. The Bertz CT molecular complexity index is 345. The van der Waals surface area contributed by atoms with Gasteiger partial charge in [-0.25, -0.2) is 13.1 Å². The Morgan fingerprint density at radius 3 is 2.53 bits per heavy atom. The maximum absolute atomic E-state index is 11.6. The zero-order valence-electron chi connectivity index (χ0n) is 9.23. The van der Waals surface area contributed by atoms with Gasteiger partial charge in [0.05, 0.1) is 6.07 Å². The van der Waals surface area contributed by atoms with Gasteiger partial charge >= 0.3 is 0 Å². The molecule has 0 aromatic heterocycles. The molecule has 1 fully saturated rings. The van der Waals surface area contributed by atoms with E-state index in [9.17, 15) is 8.42 Å². The van der Waals surface area contributed by atoms with Crippen LogP contribution in [0.5, 0.6) is 0 Å². The van der Waals surface area contributed by atoms with Gasteiger partial charge in [-0.1, -0.05) is 19.8 Å². The van der Waals surface area contributed by atoms with Crippen molar-refractivity contribution in [3.05, 3.63) is 0 Å². The summed E-state index contributed by atoms with van der Waals surface area (Å²) in [7, 11) is -3.45. The molecule has 4 nitrogen and oxygen atoms in total. The highest BCUT2D eigenvalue weighted by molar-refractivity contribution is 7.90. The molecular formula is C10H18N2O2S. The molecule has 0 saturated heterocycles. The van der Waals surface area contributed by atoms with Crippen molar-refractivity contribution in [2.75, 3.05) is 0 Å². The molecule has 3 atom stereocenters. The first-order chi connectivity index (χ1) is 6.97. The number of hydrogen-bond acceptors (Lipinski definition) is 3. The second-order valence-electron chi connectivity index (χ2n) is 4.30. The third kappa shape index (κ3) is 3.18. The Balaban J connectivity index is 2.65. The van der Waals surface area contributed by atoms with Crippen LogP contribution in [0.4, 0.5) is 0 Å². The SMILES string of the molecule is CC1CCCCC1NS(=O)(=O)C(C)C#N. The van der Waals surface area contributed by atoms with Gasteiger partial charge in [-0.15, -0.1) is 0 Å². The molecule has 0 bridgehead atoms. The predicted molar refractivity (Wildman–Crippen MR) is 58.6 cm³/mol. The molecule has 3 unspecified atom stereocenters. The Morgan fingerprint density at radius 1 is 1.40 bits per heavy atom. The number of nitriles is 1.